The number of nitrogen functional groups attached to an aromatic ring is 1. The monoisotopic (exact) mass is 445 g/mol. The standard InChI is InChI=1S/C20H23N5O5S/c21-19-23-10-16(31-19)17(26)22-9-14-11-25(20(29)30-14)13-6-4-12(5-7-13)24-8-2-1-3-15(24)18(27)28/h4-7,10,14-15H,1-3,8-9,11H2,(H2,21,23)(H,22,26)(H,27,28)/t14-,15?/m1/s1. The number of amides is 2. The highest BCUT2D eigenvalue weighted by Gasteiger charge is 2.33. The number of anilines is 3. The third-order valence-electron chi connectivity index (χ3n) is 5.39. The van der Waals surface area contributed by atoms with Crippen LogP contribution in [0.4, 0.5) is 21.3 Å². The van der Waals surface area contributed by atoms with Crippen LogP contribution in [0.15, 0.2) is 30.5 Å². The van der Waals surface area contributed by atoms with E-state index in [0.717, 1.165) is 29.9 Å². The lowest BCUT2D eigenvalue weighted by atomic mass is 10.0. The molecule has 2 atom stereocenters. The number of benzene rings is 1. The van der Waals surface area contributed by atoms with Crippen molar-refractivity contribution in [2.45, 2.75) is 31.4 Å². The second-order valence-electron chi connectivity index (χ2n) is 7.45. The molecule has 2 aromatic rings. The Labute approximate surface area is 182 Å². The number of hydrogen-bond donors (Lipinski definition) is 3. The fourth-order valence-electron chi connectivity index (χ4n) is 3.85. The fraction of sp³-hybridized carbons (Fsp3) is 0.400. The first-order valence-corrected chi connectivity index (χ1v) is 10.8. The van der Waals surface area contributed by atoms with E-state index in [0.29, 0.717) is 35.2 Å². The average molecular weight is 446 g/mol. The van der Waals surface area contributed by atoms with Crippen LogP contribution >= 0.6 is 11.3 Å². The molecule has 4 N–H and O–H groups in total. The van der Waals surface area contributed by atoms with Crippen molar-refractivity contribution in [1.82, 2.24) is 10.3 Å². The minimum absolute atomic E-state index is 0.172. The summed E-state index contributed by atoms with van der Waals surface area (Å²) in [6.07, 6.45) is 2.90. The van der Waals surface area contributed by atoms with Crippen LogP contribution in [0, 0.1) is 0 Å². The molecular formula is C20H23N5O5S. The van der Waals surface area contributed by atoms with Gasteiger partial charge in [-0.1, -0.05) is 11.3 Å². The van der Waals surface area contributed by atoms with E-state index in [1.165, 1.54) is 11.1 Å². The lowest BCUT2D eigenvalue weighted by Crippen LogP contribution is -2.44. The Morgan fingerprint density at radius 2 is 2.00 bits per heavy atom. The van der Waals surface area contributed by atoms with Gasteiger partial charge in [0.1, 0.15) is 17.0 Å². The van der Waals surface area contributed by atoms with Crippen LogP contribution in [0.25, 0.3) is 0 Å². The van der Waals surface area contributed by atoms with Gasteiger partial charge in [0.05, 0.1) is 19.3 Å². The summed E-state index contributed by atoms with van der Waals surface area (Å²) >= 11 is 1.09. The number of carboxylic acid groups (broad SMARTS) is 1. The van der Waals surface area contributed by atoms with Crippen LogP contribution in [0.2, 0.25) is 0 Å². The second kappa shape index (κ2) is 8.80. The lowest BCUT2D eigenvalue weighted by Gasteiger charge is -2.35. The number of carbonyl (C=O) groups is 3. The Kier molecular flexibility index (Phi) is 5.94. The minimum atomic E-state index is -0.821. The molecule has 2 amide bonds. The van der Waals surface area contributed by atoms with Crippen molar-refractivity contribution in [2.24, 2.45) is 0 Å². The van der Waals surface area contributed by atoms with Crippen molar-refractivity contribution in [3.05, 3.63) is 35.3 Å². The van der Waals surface area contributed by atoms with Gasteiger partial charge in [0, 0.05) is 17.9 Å². The molecule has 164 valence electrons. The summed E-state index contributed by atoms with van der Waals surface area (Å²) in [5.41, 5.74) is 7.01. The summed E-state index contributed by atoms with van der Waals surface area (Å²) in [5, 5.41) is 12.5. The number of nitrogens with one attached hydrogen (secondary N) is 1. The van der Waals surface area contributed by atoms with E-state index in [4.69, 9.17) is 10.5 Å². The van der Waals surface area contributed by atoms with Crippen LogP contribution in [-0.4, -0.2) is 59.8 Å². The average Bonchev–Trinajstić information content (AvgIpc) is 3.37. The van der Waals surface area contributed by atoms with Crippen LogP contribution in [0.5, 0.6) is 0 Å². The molecule has 1 aromatic carbocycles. The molecule has 1 unspecified atom stereocenters. The fourth-order valence-corrected chi connectivity index (χ4v) is 4.45. The van der Waals surface area contributed by atoms with Crippen LogP contribution in [0.3, 0.4) is 0 Å². The minimum Gasteiger partial charge on any atom is -0.480 e. The Morgan fingerprint density at radius 3 is 2.68 bits per heavy atom. The Hall–Kier alpha value is -3.34. The molecule has 2 aliphatic heterocycles. The third kappa shape index (κ3) is 4.55. The number of hydrogen-bond acceptors (Lipinski definition) is 8. The molecule has 2 aliphatic rings. The maximum Gasteiger partial charge on any atom is 0.414 e. The summed E-state index contributed by atoms with van der Waals surface area (Å²) in [6, 6.07) is 6.69. The van der Waals surface area contributed by atoms with Crippen LogP contribution < -0.4 is 20.9 Å². The molecule has 0 radical (unpaired) electrons. The normalized spacial score (nSPS) is 21.1. The zero-order chi connectivity index (χ0) is 22.0. The van der Waals surface area contributed by atoms with Gasteiger partial charge in [-0.15, -0.1) is 0 Å². The zero-order valence-corrected chi connectivity index (χ0v) is 17.5. The van der Waals surface area contributed by atoms with Crippen molar-refractivity contribution >= 4 is 45.8 Å². The van der Waals surface area contributed by atoms with Gasteiger partial charge in [-0.05, 0) is 43.5 Å². The molecular weight excluding hydrogens is 422 g/mol. The highest BCUT2D eigenvalue weighted by atomic mass is 32.1. The topological polar surface area (TPSA) is 138 Å². The van der Waals surface area contributed by atoms with E-state index < -0.39 is 24.2 Å². The van der Waals surface area contributed by atoms with E-state index >= 15 is 0 Å². The molecule has 10 nitrogen and oxygen atoms in total. The molecule has 3 heterocycles. The maximum absolute atomic E-state index is 12.3. The molecule has 0 bridgehead atoms. The highest BCUT2D eigenvalue weighted by Crippen LogP contribution is 2.29. The molecule has 2 saturated heterocycles. The van der Waals surface area contributed by atoms with Crippen molar-refractivity contribution in [2.75, 3.05) is 35.2 Å². The molecule has 4 rings (SSSR count). The number of rotatable bonds is 6. The second-order valence-corrected chi connectivity index (χ2v) is 8.51. The first-order valence-electron chi connectivity index (χ1n) is 9.99. The van der Waals surface area contributed by atoms with E-state index in [2.05, 4.69) is 10.3 Å². The molecule has 2 fully saturated rings. The number of aliphatic carboxylic acids is 1. The van der Waals surface area contributed by atoms with Gasteiger partial charge in [-0.3, -0.25) is 9.69 Å². The molecule has 1 aromatic heterocycles. The molecule has 11 heteroatoms. The van der Waals surface area contributed by atoms with E-state index in [-0.39, 0.29) is 12.5 Å². The predicted octanol–water partition coefficient (Wildman–Crippen LogP) is 1.92. The zero-order valence-electron chi connectivity index (χ0n) is 16.7. The van der Waals surface area contributed by atoms with Crippen LogP contribution in [-0.2, 0) is 9.53 Å². The van der Waals surface area contributed by atoms with Gasteiger partial charge in [0.15, 0.2) is 5.13 Å². The van der Waals surface area contributed by atoms with E-state index in [1.807, 2.05) is 17.0 Å². The molecule has 0 aliphatic carbocycles. The number of nitrogens with two attached hydrogens (primary N) is 1. The van der Waals surface area contributed by atoms with Gasteiger partial charge in [0.25, 0.3) is 5.91 Å². The van der Waals surface area contributed by atoms with Gasteiger partial charge in [0.2, 0.25) is 0 Å². The first-order chi connectivity index (χ1) is 14.9. The van der Waals surface area contributed by atoms with Gasteiger partial charge < -0.3 is 25.8 Å². The largest absolute Gasteiger partial charge is 0.480 e. The number of carboxylic acids is 1. The number of carbonyl (C=O) groups excluding carboxylic acids is 2. The van der Waals surface area contributed by atoms with Crippen LogP contribution in [0.1, 0.15) is 28.9 Å². The van der Waals surface area contributed by atoms with E-state index in [9.17, 15) is 19.5 Å². The SMILES string of the molecule is Nc1ncc(C(=O)NC[C@@H]2CN(c3ccc(N4CCCCC4C(=O)O)cc3)C(=O)O2)s1. The smallest absolute Gasteiger partial charge is 0.414 e. The van der Waals surface area contributed by atoms with Crippen molar-refractivity contribution in [3.8, 4) is 0 Å². The summed E-state index contributed by atoms with van der Waals surface area (Å²) in [7, 11) is 0. The first kappa shape index (κ1) is 20.9. The Morgan fingerprint density at radius 1 is 1.26 bits per heavy atom. The van der Waals surface area contributed by atoms with Gasteiger partial charge >= 0.3 is 12.1 Å². The van der Waals surface area contributed by atoms with E-state index in [1.54, 1.807) is 12.1 Å². The summed E-state index contributed by atoms with van der Waals surface area (Å²) in [6.45, 7) is 1.16. The number of piperidine rings is 1. The molecule has 0 spiro atoms. The predicted molar refractivity (Wildman–Crippen MR) is 116 cm³/mol. The number of thiazole rings is 1. The van der Waals surface area contributed by atoms with Gasteiger partial charge in [-0.2, -0.15) is 0 Å². The number of aromatic nitrogens is 1. The Balaban J connectivity index is 1.36. The van der Waals surface area contributed by atoms with Crippen molar-refractivity contribution < 1.29 is 24.2 Å². The highest BCUT2D eigenvalue weighted by molar-refractivity contribution is 7.17. The Bertz CT molecular complexity index is 979. The van der Waals surface area contributed by atoms with Gasteiger partial charge in [-0.25, -0.2) is 14.6 Å². The number of nitrogens with zero attached hydrogens (tertiary/aromatic N) is 3. The number of ether oxygens (including phenoxy) is 1. The molecule has 0 saturated carbocycles. The lowest BCUT2D eigenvalue weighted by molar-refractivity contribution is -0.139. The number of cyclic esters (lactones) is 1. The summed E-state index contributed by atoms with van der Waals surface area (Å²) in [4.78, 5) is 43.6. The maximum atomic E-state index is 12.3. The van der Waals surface area contributed by atoms with Crippen molar-refractivity contribution in [1.29, 1.82) is 0 Å². The summed E-state index contributed by atoms with van der Waals surface area (Å²) in [5.74, 6) is -1.14. The summed E-state index contributed by atoms with van der Waals surface area (Å²) < 4.78 is 5.36. The quantitative estimate of drug-likeness (QED) is 0.613. The molecule has 31 heavy (non-hydrogen) atoms. The third-order valence-corrected chi connectivity index (χ3v) is 6.22. The van der Waals surface area contributed by atoms with Crippen molar-refractivity contribution in [3.63, 3.8) is 0 Å².